The average Bonchev–Trinajstić information content (AvgIpc) is 2.64. The lowest BCUT2D eigenvalue weighted by atomic mass is 9.92. The Balaban J connectivity index is 1.64. The molecule has 1 aliphatic carbocycles. The molecule has 26 heavy (non-hydrogen) atoms. The molecule has 1 aliphatic heterocycles. The molecule has 2 fully saturated rings. The van der Waals surface area contributed by atoms with Crippen molar-refractivity contribution in [1.82, 2.24) is 10.6 Å². The van der Waals surface area contributed by atoms with E-state index in [0.29, 0.717) is 22.3 Å². The highest BCUT2D eigenvalue weighted by atomic mass is 35.5. The second-order valence-corrected chi connectivity index (χ2v) is 7.98. The highest BCUT2D eigenvalue weighted by Crippen LogP contribution is 2.24. The zero-order valence-corrected chi connectivity index (χ0v) is 16.1. The van der Waals surface area contributed by atoms with Crippen LogP contribution in [-0.4, -0.2) is 30.4 Å². The number of anilines is 1. The van der Waals surface area contributed by atoms with Crippen molar-refractivity contribution in [3.63, 3.8) is 0 Å². The van der Waals surface area contributed by atoms with Gasteiger partial charge in [-0.25, -0.2) is 0 Å². The predicted octanol–water partition coefficient (Wildman–Crippen LogP) is 3.73. The minimum absolute atomic E-state index is 0.00134. The van der Waals surface area contributed by atoms with Crippen LogP contribution in [0, 0.1) is 5.92 Å². The maximum Gasteiger partial charge on any atom is 0.253 e. The molecule has 1 saturated carbocycles. The SMILES string of the molecule is C[C@H]1C[C@@H](C(=O)Nc2ccc(Cl)c(C(=O)NC3CCCCC3)c2)CCN1. The minimum atomic E-state index is -0.159. The molecule has 3 rings (SSSR count). The van der Waals surface area contributed by atoms with Crippen molar-refractivity contribution < 1.29 is 9.59 Å². The van der Waals surface area contributed by atoms with Gasteiger partial charge in [-0.2, -0.15) is 0 Å². The Morgan fingerprint density at radius 2 is 1.92 bits per heavy atom. The highest BCUT2D eigenvalue weighted by molar-refractivity contribution is 6.34. The molecule has 2 amide bonds. The van der Waals surface area contributed by atoms with Crippen molar-refractivity contribution in [2.45, 2.75) is 64.0 Å². The minimum Gasteiger partial charge on any atom is -0.349 e. The molecule has 2 aliphatic rings. The van der Waals surface area contributed by atoms with Gasteiger partial charge in [-0.3, -0.25) is 9.59 Å². The van der Waals surface area contributed by atoms with Crippen molar-refractivity contribution in [3.8, 4) is 0 Å². The quantitative estimate of drug-likeness (QED) is 0.748. The molecule has 0 radical (unpaired) electrons. The third-order valence-corrected chi connectivity index (χ3v) is 5.74. The molecule has 1 saturated heterocycles. The molecule has 0 aromatic heterocycles. The zero-order chi connectivity index (χ0) is 18.5. The summed E-state index contributed by atoms with van der Waals surface area (Å²) < 4.78 is 0. The largest absolute Gasteiger partial charge is 0.349 e. The number of rotatable bonds is 4. The van der Waals surface area contributed by atoms with E-state index in [2.05, 4.69) is 22.9 Å². The lowest BCUT2D eigenvalue weighted by Gasteiger charge is -2.27. The number of hydrogen-bond acceptors (Lipinski definition) is 3. The Morgan fingerprint density at radius 3 is 2.65 bits per heavy atom. The van der Waals surface area contributed by atoms with Crippen LogP contribution in [0.15, 0.2) is 18.2 Å². The normalized spacial score (nSPS) is 24.1. The molecular formula is C20H28ClN3O2. The fourth-order valence-electron chi connectivity index (χ4n) is 3.90. The van der Waals surface area contributed by atoms with Gasteiger partial charge in [-0.1, -0.05) is 30.9 Å². The summed E-state index contributed by atoms with van der Waals surface area (Å²) >= 11 is 6.23. The van der Waals surface area contributed by atoms with E-state index >= 15 is 0 Å². The lowest BCUT2D eigenvalue weighted by Crippen LogP contribution is -2.40. The predicted molar refractivity (Wildman–Crippen MR) is 105 cm³/mol. The maximum absolute atomic E-state index is 12.6. The van der Waals surface area contributed by atoms with Gasteiger partial charge in [0.15, 0.2) is 0 Å². The maximum atomic E-state index is 12.6. The third kappa shape index (κ3) is 4.98. The summed E-state index contributed by atoms with van der Waals surface area (Å²) in [4.78, 5) is 25.1. The number of carbonyl (C=O) groups excluding carboxylic acids is 2. The van der Waals surface area contributed by atoms with Crippen LogP contribution in [0.3, 0.4) is 0 Å². The Hall–Kier alpha value is -1.59. The molecule has 1 aromatic carbocycles. The van der Waals surface area contributed by atoms with E-state index in [4.69, 9.17) is 11.6 Å². The van der Waals surface area contributed by atoms with Crippen molar-refractivity contribution in [3.05, 3.63) is 28.8 Å². The molecule has 1 heterocycles. The zero-order valence-electron chi connectivity index (χ0n) is 15.3. The van der Waals surface area contributed by atoms with Crippen LogP contribution in [-0.2, 0) is 4.79 Å². The standard InChI is InChI=1S/C20H28ClN3O2/c1-13-11-14(9-10-22-13)19(25)24-16-7-8-18(21)17(12-16)20(26)23-15-5-3-2-4-6-15/h7-8,12-15,22H,2-6,9-11H2,1H3,(H,23,26)(H,24,25)/t13-,14-/m0/s1. The summed E-state index contributed by atoms with van der Waals surface area (Å²) in [5.41, 5.74) is 1.05. The van der Waals surface area contributed by atoms with Crippen LogP contribution in [0.25, 0.3) is 0 Å². The highest BCUT2D eigenvalue weighted by Gasteiger charge is 2.25. The van der Waals surface area contributed by atoms with E-state index in [1.54, 1.807) is 18.2 Å². The number of piperidine rings is 1. The van der Waals surface area contributed by atoms with Crippen LogP contribution in [0.5, 0.6) is 0 Å². The van der Waals surface area contributed by atoms with Gasteiger partial charge in [0.1, 0.15) is 0 Å². The first-order valence-electron chi connectivity index (χ1n) is 9.67. The van der Waals surface area contributed by atoms with Gasteiger partial charge in [-0.15, -0.1) is 0 Å². The van der Waals surface area contributed by atoms with Gasteiger partial charge < -0.3 is 16.0 Å². The molecule has 2 atom stereocenters. The van der Waals surface area contributed by atoms with Crippen LogP contribution < -0.4 is 16.0 Å². The van der Waals surface area contributed by atoms with E-state index in [9.17, 15) is 9.59 Å². The lowest BCUT2D eigenvalue weighted by molar-refractivity contribution is -0.120. The number of hydrogen-bond donors (Lipinski definition) is 3. The summed E-state index contributed by atoms with van der Waals surface area (Å²) in [6.07, 6.45) is 7.26. The molecular weight excluding hydrogens is 350 g/mol. The van der Waals surface area contributed by atoms with Crippen LogP contribution in [0.2, 0.25) is 5.02 Å². The van der Waals surface area contributed by atoms with E-state index in [-0.39, 0.29) is 23.8 Å². The van der Waals surface area contributed by atoms with Crippen molar-refractivity contribution in [2.24, 2.45) is 5.92 Å². The van der Waals surface area contributed by atoms with Gasteiger partial charge in [-0.05, 0) is 57.4 Å². The first-order chi connectivity index (χ1) is 12.5. The number of halogens is 1. The smallest absolute Gasteiger partial charge is 0.253 e. The first kappa shape index (κ1) is 19.2. The molecule has 5 nitrogen and oxygen atoms in total. The topological polar surface area (TPSA) is 70.2 Å². The average molecular weight is 378 g/mol. The monoisotopic (exact) mass is 377 g/mol. The fourth-order valence-corrected chi connectivity index (χ4v) is 4.10. The van der Waals surface area contributed by atoms with Gasteiger partial charge >= 0.3 is 0 Å². The van der Waals surface area contributed by atoms with Crippen molar-refractivity contribution in [2.75, 3.05) is 11.9 Å². The van der Waals surface area contributed by atoms with Crippen LogP contribution >= 0.6 is 11.6 Å². The van der Waals surface area contributed by atoms with Gasteiger partial charge in [0.25, 0.3) is 5.91 Å². The van der Waals surface area contributed by atoms with Gasteiger partial charge in [0.2, 0.25) is 5.91 Å². The van der Waals surface area contributed by atoms with Crippen molar-refractivity contribution >= 4 is 29.1 Å². The van der Waals surface area contributed by atoms with E-state index in [1.807, 2.05) is 0 Å². The van der Waals surface area contributed by atoms with Crippen molar-refractivity contribution in [1.29, 1.82) is 0 Å². The first-order valence-corrected chi connectivity index (χ1v) is 10.1. The third-order valence-electron chi connectivity index (χ3n) is 5.41. The van der Waals surface area contributed by atoms with E-state index in [0.717, 1.165) is 45.1 Å². The molecule has 0 unspecified atom stereocenters. The second kappa shape index (κ2) is 8.87. The van der Waals surface area contributed by atoms with E-state index in [1.165, 1.54) is 6.42 Å². The number of carbonyl (C=O) groups is 2. The Bertz CT molecular complexity index is 658. The number of nitrogens with one attached hydrogen (secondary N) is 3. The van der Waals surface area contributed by atoms with Crippen LogP contribution in [0.1, 0.15) is 62.2 Å². The van der Waals surface area contributed by atoms with Crippen LogP contribution in [0.4, 0.5) is 5.69 Å². The number of benzene rings is 1. The molecule has 0 bridgehead atoms. The molecule has 142 valence electrons. The summed E-state index contributed by atoms with van der Waals surface area (Å²) in [5, 5.41) is 9.79. The van der Waals surface area contributed by atoms with Gasteiger partial charge in [0.05, 0.1) is 10.6 Å². The summed E-state index contributed by atoms with van der Waals surface area (Å²) in [6, 6.07) is 5.69. The fraction of sp³-hybridized carbons (Fsp3) is 0.600. The molecule has 1 aromatic rings. The Morgan fingerprint density at radius 1 is 1.15 bits per heavy atom. The summed E-state index contributed by atoms with van der Waals surface area (Å²) in [5.74, 6) is -0.144. The molecule has 0 spiro atoms. The Labute approximate surface area is 160 Å². The number of amides is 2. The van der Waals surface area contributed by atoms with E-state index < -0.39 is 0 Å². The van der Waals surface area contributed by atoms with Gasteiger partial charge in [0, 0.05) is 23.7 Å². The Kier molecular flexibility index (Phi) is 6.54. The molecule has 3 N–H and O–H groups in total. The molecule has 6 heteroatoms. The second-order valence-electron chi connectivity index (χ2n) is 7.57. The summed E-state index contributed by atoms with van der Waals surface area (Å²) in [7, 11) is 0. The summed E-state index contributed by atoms with van der Waals surface area (Å²) in [6.45, 7) is 2.95.